The molecule has 1 saturated heterocycles. The van der Waals surface area contributed by atoms with Crippen molar-refractivity contribution in [3.8, 4) is 0 Å². The lowest BCUT2D eigenvalue weighted by molar-refractivity contribution is 0.249. The molecule has 3 aromatic rings. The van der Waals surface area contributed by atoms with Gasteiger partial charge in [0.2, 0.25) is 11.9 Å². The summed E-state index contributed by atoms with van der Waals surface area (Å²) < 4.78 is 0. The van der Waals surface area contributed by atoms with E-state index in [1.807, 2.05) is 19.9 Å². The van der Waals surface area contributed by atoms with Gasteiger partial charge in [0.05, 0.1) is 11.2 Å². The third-order valence-corrected chi connectivity index (χ3v) is 6.41. The maximum Gasteiger partial charge on any atom is 0.231 e. The van der Waals surface area contributed by atoms with E-state index < -0.39 is 0 Å². The number of hydrogen-bond donors (Lipinski definition) is 3. The standard InChI is InChI=1S/C24H32N8/c1-16-15-21(26-11-14-32-12-9-25-10-13-32)29-23(27-16)31-24-28-17(2)19-8-7-18-5-3-4-6-20(18)22(19)30-24/h7-8,15,25H,3-6,9-14H2,1-2H3,(H2,26,27,28,29,30,31). The molecule has 0 spiro atoms. The maximum atomic E-state index is 4.89. The molecule has 1 aliphatic heterocycles. The van der Waals surface area contributed by atoms with Crippen molar-refractivity contribution in [3.63, 3.8) is 0 Å². The SMILES string of the molecule is Cc1cc(NCCN2CCNCC2)nc(Nc2nc(C)c3ccc4c(c3n2)CCCC4)n1. The van der Waals surface area contributed by atoms with E-state index in [-0.39, 0.29) is 0 Å². The monoisotopic (exact) mass is 432 g/mol. The predicted octanol–water partition coefficient (Wildman–Crippen LogP) is 2.98. The Kier molecular flexibility index (Phi) is 6.14. The van der Waals surface area contributed by atoms with Crippen LogP contribution in [-0.4, -0.2) is 64.1 Å². The normalized spacial score (nSPS) is 16.7. The van der Waals surface area contributed by atoms with Gasteiger partial charge in [-0.3, -0.25) is 10.2 Å². The molecule has 1 aromatic carbocycles. The summed E-state index contributed by atoms with van der Waals surface area (Å²) in [6.07, 6.45) is 4.71. The lowest BCUT2D eigenvalue weighted by Gasteiger charge is -2.27. The van der Waals surface area contributed by atoms with Gasteiger partial charge in [0.15, 0.2) is 0 Å². The van der Waals surface area contributed by atoms with Gasteiger partial charge < -0.3 is 10.6 Å². The highest BCUT2D eigenvalue weighted by Gasteiger charge is 2.16. The molecule has 3 N–H and O–H groups in total. The molecule has 2 aliphatic rings. The molecule has 3 heterocycles. The van der Waals surface area contributed by atoms with Gasteiger partial charge in [-0.05, 0) is 50.7 Å². The molecule has 1 aliphatic carbocycles. The van der Waals surface area contributed by atoms with Crippen molar-refractivity contribution < 1.29 is 0 Å². The van der Waals surface area contributed by atoms with Gasteiger partial charge in [0, 0.05) is 56.4 Å². The van der Waals surface area contributed by atoms with E-state index in [0.717, 1.165) is 80.2 Å². The lowest BCUT2D eigenvalue weighted by atomic mass is 9.89. The first-order chi connectivity index (χ1) is 15.7. The first-order valence-electron chi connectivity index (χ1n) is 11.7. The molecule has 0 unspecified atom stereocenters. The van der Waals surface area contributed by atoms with Gasteiger partial charge in [-0.2, -0.15) is 4.98 Å². The summed E-state index contributed by atoms with van der Waals surface area (Å²) in [7, 11) is 0. The molecule has 0 amide bonds. The quantitative estimate of drug-likeness (QED) is 0.548. The zero-order valence-electron chi connectivity index (χ0n) is 19.0. The smallest absolute Gasteiger partial charge is 0.231 e. The number of benzene rings is 1. The number of fused-ring (bicyclic) bond motifs is 3. The number of piperazine rings is 1. The van der Waals surface area contributed by atoms with E-state index in [0.29, 0.717) is 11.9 Å². The van der Waals surface area contributed by atoms with Crippen molar-refractivity contribution in [2.24, 2.45) is 0 Å². The Morgan fingerprint density at radius 3 is 2.66 bits per heavy atom. The second-order valence-electron chi connectivity index (χ2n) is 8.80. The molecule has 2 aromatic heterocycles. The minimum atomic E-state index is 0.526. The van der Waals surface area contributed by atoms with Crippen molar-refractivity contribution in [2.75, 3.05) is 49.9 Å². The third-order valence-electron chi connectivity index (χ3n) is 6.41. The number of aryl methyl sites for hydroxylation is 4. The van der Waals surface area contributed by atoms with Gasteiger partial charge >= 0.3 is 0 Å². The van der Waals surface area contributed by atoms with Crippen molar-refractivity contribution in [3.05, 3.63) is 40.7 Å². The van der Waals surface area contributed by atoms with Crippen molar-refractivity contribution in [1.82, 2.24) is 30.2 Å². The van der Waals surface area contributed by atoms with E-state index >= 15 is 0 Å². The largest absolute Gasteiger partial charge is 0.369 e. The van der Waals surface area contributed by atoms with E-state index in [9.17, 15) is 0 Å². The second kappa shape index (κ2) is 9.34. The Balaban J connectivity index is 1.34. The van der Waals surface area contributed by atoms with Crippen LogP contribution in [0.5, 0.6) is 0 Å². The molecule has 8 nitrogen and oxygen atoms in total. The Morgan fingerprint density at radius 2 is 1.78 bits per heavy atom. The van der Waals surface area contributed by atoms with Crippen LogP contribution in [0.2, 0.25) is 0 Å². The molecular weight excluding hydrogens is 400 g/mol. The Morgan fingerprint density at radius 1 is 0.969 bits per heavy atom. The molecule has 0 atom stereocenters. The third kappa shape index (κ3) is 4.66. The summed E-state index contributed by atoms with van der Waals surface area (Å²) in [5.41, 5.74) is 5.76. The summed E-state index contributed by atoms with van der Waals surface area (Å²) in [6, 6.07) is 6.40. The van der Waals surface area contributed by atoms with E-state index in [1.165, 1.54) is 24.0 Å². The van der Waals surface area contributed by atoms with Crippen LogP contribution in [-0.2, 0) is 12.8 Å². The van der Waals surface area contributed by atoms with Crippen molar-refractivity contribution in [1.29, 1.82) is 0 Å². The Hall–Kier alpha value is -2.84. The number of nitrogens with one attached hydrogen (secondary N) is 3. The Bertz CT molecular complexity index is 1110. The molecule has 0 bridgehead atoms. The molecule has 0 radical (unpaired) electrons. The number of rotatable bonds is 6. The highest BCUT2D eigenvalue weighted by Crippen LogP contribution is 2.30. The van der Waals surface area contributed by atoms with E-state index in [1.54, 1.807) is 0 Å². The van der Waals surface area contributed by atoms with Gasteiger partial charge in [-0.25, -0.2) is 15.0 Å². The molecule has 168 valence electrons. The van der Waals surface area contributed by atoms with Gasteiger partial charge in [0.25, 0.3) is 0 Å². The van der Waals surface area contributed by atoms with E-state index in [2.05, 4.69) is 43.0 Å². The van der Waals surface area contributed by atoms with Crippen LogP contribution in [0, 0.1) is 13.8 Å². The molecule has 8 heteroatoms. The molecule has 1 fully saturated rings. The minimum Gasteiger partial charge on any atom is -0.369 e. The van der Waals surface area contributed by atoms with Crippen LogP contribution >= 0.6 is 0 Å². The second-order valence-corrected chi connectivity index (χ2v) is 8.80. The summed E-state index contributed by atoms with van der Waals surface area (Å²) in [5.74, 6) is 1.91. The zero-order chi connectivity index (χ0) is 21.9. The van der Waals surface area contributed by atoms with Crippen molar-refractivity contribution >= 4 is 28.6 Å². The van der Waals surface area contributed by atoms with Crippen LogP contribution in [0.3, 0.4) is 0 Å². The predicted molar refractivity (Wildman–Crippen MR) is 129 cm³/mol. The number of hydrogen-bond acceptors (Lipinski definition) is 8. The van der Waals surface area contributed by atoms with Crippen LogP contribution in [0.25, 0.3) is 10.9 Å². The molecule has 32 heavy (non-hydrogen) atoms. The fourth-order valence-corrected chi connectivity index (χ4v) is 4.73. The summed E-state index contributed by atoms with van der Waals surface area (Å²) in [6.45, 7) is 10.2. The van der Waals surface area contributed by atoms with Gasteiger partial charge in [-0.15, -0.1) is 0 Å². The van der Waals surface area contributed by atoms with Crippen LogP contribution in [0.4, 0.5) is 17.7 Å². The van der Waals surface area contributed by atoms with Gasteiger partial charge in [0.1, 0.15) is 5.82 Å². The topological polar surface area (TPSA) is 90.9 Å². The van der Waals surface area contributed by atoms with Crippen LogP contribution in [0.1, 0.15) is 35.4 Å². The number of anilines is 3. The first kappa shape index (κ1) is 21.0. The fraction of sp³-hybridized carbons (Fsp3) is 0.500. The molecule has 5 rings (SSSR count). The van der Waals surface area contributed by atoms with E-state index in [4.69, 9.17) is 9.97 Å². The fourth-order valence-electron chi connectivity index (χ4n) is 4.73. The van der Waals surface area contributed by atoms with Crippen LogP contribution < -0.4 is 16.0 Å². The molecular formula is C24H32N8. The maximum absolute atomic E-state index is 4.89. The van der Waals surface area contributed by atoms with Crippen molar-refractivity contribution in [2.45, 2.75) is 39.5 Å². The minimum absolute atomic E-state index is 0.526. The lowest BCUT2D eigenvalue weighted by Crippen LogP contribution is -2.45. The first-order valence-corrected chi connectivity index (χ1v) is 11.7. The van der Waals surface area contributed by atoms with Gasteiger partial charge in [-0.1, -0.05) is 12.1 Å². The van der Waals surface area contributed by atoms with Crippen LogP contribution in [0.15, 0.2) is 18.2 Å². The zero-order valence-corrected chi connectivity index (χ0v) is 19.0. The highest BCUT2D eigenvalue weighted by atomic mass is 15.2. The average molecular weight is 433 g/mol. The number of aromatic nitrogens is 4. The summed E-state index contributed by atoms with van der Waals surface area (Å²) in [4.78, 5) is 21.3. The Labute approximate surface area is 189 Å². The average Bonchev–Trinajstić information content (AvgIpc) is 2.79. The number of nitrogens with zero attached hydrogens (tertiary/aromatic N) is 5. The highest BCUT2D eigenvalue weighted by molar-refractivity contribution is 5.86. The molecule has 0 saturated carbocycles. The summed E-state index contributed by atoms with van der Waals surface area (Å²) in [5, 5.41) is 11.2. The summed E-state index contributed by atoms with van der Waals surface area (Å²) >= 11 is 0.